The van der Waals surface area contributed by atoms with Gasteiger partial charge in [0.25, 0.3) is 0 Å². The van der Waals surface area contributed by atoms with Crippen LogP contribution in [0.3, 0.4) is 0 Å². The lowest BCUT2D eigenvalue weighted by Crippen LogP contribution is -1.98. The summed E-state index contributed by atoms with van der Waals surface area (Å²) in [4.78, 5) is 0. The fourth-order valence-corrected chi connectivity index (χ4v) is 9.06. The second kappa shape index (κ2) is 34.7. The summed E-state index contributed by atoms with van der Waals surface area (Å²) in [5.41, 5.74) is 10.9. The minimum absolute atomic E-state index is 1.07. The Hall–Kier alpha value is -3.72. The van der Waals surface area contributed by atoms with Crippen molar-refractivity contribution in [1.29, 1.82) is 0 Å². The van der Waals surface area contributed by atoms with Crippen molar-refractivity contribution in [1.82, 2.24) is 0 Å². The van der Waals surface area contributed by atoms with E-state index in [9.17, 15) is 0 Å². The fourth-order valence-electron chi connectivity index (χ4n) is 9.06. The normalized spacial score (nSPS) is 11.3. The van der Waals surface area contributed by atoms with Gasteiger partial charge in [-0.05, 0) is 110 Å². The Morgan fingerprint density at radius 1 is 0.222 bits per heavy atom. The van der Waals surface area contributed by atoms with Gasteiger partial charge in [-0.3, -0.25) is 0 Å². The van der Waals surface area contributed by atoms with E-state index in [2.05, 4.69) is 128 Å². The van der Waals surface area contributed by atoms with Crippen molar-refractivity contribution in [2.45, 2.75) is 233 Å². The molecule has 4 rings (SSSR count). The summed E-state index contributed by atoms with van der Waals surface area (Å²) in [7, 11) is 0. The molecule has 0 aliphatic carbocycles. The first-order chi connectivity index (χ1) is 31.1. The molecule has 0 atom stereocenters. The van der Waals surface area contributed by atoms with Gasteiger partial charge in [0.05, 0.1) is 0 Å². The Labute approximate surface area is 388 Å². The standard InChI is InChI=1S/C60H93N3/c1-4-7-10-13-16-19-22-25-28-31-34-52-37-43-55(44-38-52)61-58-49-59(62-56-45-39-53(40-46-56)35-32-29-26-23-20-17-14-11-8-5-2)51-60(50-58)63-57-47-41-54(42-48-57)36-33-30-27-24-21-18-15-12-9-6-3/h37-51,61-63H,4-36H2,1-3H3. The summed E-state index contributed by atoms with van der Waals surface area (Å²) in [5.74, 6) is 0. The van der Waals surface area contributed by atoms with Crippen LogP contribution in [0.15, 0.2) is 91.0 Å². The summed E-state index contributed by atoms with van der Waals surface area (Å²) in [6, 6.07) is 34.1. The molecule has 348 valence electrons. The molecule has 3 N–H and O–H groups in total. The third kappa shape index (κ3) is 24.8. The van der Waals surface area contributed by atoms with Gasteiger partial charge in [0, 0.05) is 34.1 Å². The van der Waals surface area contributed by atoms with Crippen molar-refractivity contribution in [3.8, 4) is 0 Å². The van der Waals surface area contributed by atoms with Gasteiger partial charge in [-0.15, -0.1) is 0 Å². The first kappa shape index (κ1) is 51.9. The molecule has 4 aromatic rings. The van der Waals surface area contributed by atoms with Crippen LogP contribution in [0.1, 0.15) is 230 Å². The van der Waals surface area contributed by atoms with E-state index in [1.807, 2.05) is 0 Å². The van der Waals surface area contributed by atoms with Crippen molar-refractivity contribution in [3.63, 3.8) is 0 Å². The van der Waals surface area contributed by atoms with E-state index < -0.39 is 0 Å². The predicted octanol–water partition coefficient (Wildman–Crippen LogP) is 20.3. The number of rotatable bonds is 39. The molecule has 3 nitrogen and oxygen atoms in total. The molecule has 3 heteroatoms. The monoisotopic (exact) mass is 856 g/mol. The van der Waals surface area contributed by atoms with Crippen LogP contribution in [-0.4, -0.2) is 0 Å². The third-order valence-electron chi connectivity index (χ3n) is 13.1. The molecular formula is C60H93N3. The highest BCUT2D eigenvalue weighted by Crippen LogP contribution is 2.31. The van der Waals surface area contributed by atoms with Gasteiger partial charge in [0.2, 0.25) is 0 Å². The maximum absolute atomic E-state index is 3.74. The highest BCUT2D eigenvalue weighted by atomic mass is 14.9. The second-order valence-corrected chi connectivity index (χ2v) is 19.1. The van der Waals surface area contributed by atoms with E-state index >= 15 is 0 Å². The highest BCUT2D eigenvalue weighted by Gasteiger charge is 2.07. The topological polar surface area (TPSA) is 36.1 Å². The Morgan fingerprint density at radius 2 is 0.413 bits per heavy atom. The zero-order valence-electron chi connectivity index (χ0n) is 41.0. The molecule has 0 aliphatic heterocycles. The van der Waals surface area contributed by atoms with E-state index in [0.717, 1.165) is 34.1 Å². The molecule has 0 aliphatic rings. The van der Waals surface area contributed by atoms with Crippen LogP contribution < -0.4 is 16.0 Å². The third-order valence-corrected chi connectivity index (χ3v) is 13.1. The molecule has 0 aromatic heterocycles. The first-order valence-electron chi connectivity index (χ1n) is 26.9. The zero-order chi connectivity index (χ0) is 44.3. The van der Waals surface area contributed by atoms with Crippen molar-refractivity contribution < 1.29 is 0 Å². The van der Waals surface area contributed by atoms with E-state index in [1.54, 1.807) is 0 Å². The molecule has 0 saturated heterocycles. The lowest BCUT2D eigenvalue weighted by molar-refractivity contribution is 0.556. The summed E-state index contributed by atoms with van der Waals surface area (Å²) < 4.78 is 0. The molecular weight excluding hydrogens is 763 g/mol. The largest absolute Gasteiger partial charge is 0.355 e. The minimum atomic E-state index is 1.07. The average Bonchev–Trinajstić information content (AvgIpc) is 3.30. The van der Waals surface area contributed by atoms with Crippen molar-refractivity contribution in [2.24, 2.45) is 0 Å². The summed E-state index contributed by atoms with van der Waals surface area (Å²) in [6.07, 6.45) is 45.0. The lowest BCUT2D eigenvalue weighted by Gasteiger charge is -2.16. The maximum Gasteiger partial charge on any atom is 0.0425 e. The van der Waals surface area contributed by atoms with Gasteiger partial charge in [-0.2, -0.15) is 0 Å². The molecule has 0 unspecified atom stereocenters. The number of anilines is 6. The second-order valence-electron chi connectivity index (χ2n) is 19.1. The molecule has 63 heavy (non-hydrogen) atoms. The predicted molar refractivity (Wildman–Crippen MR) is 282 cm³/mol. The molecule has 0 bridgehead atoms. The summed E-state index contributed by atoms with van der Waals surface area (Å²) in [5, 5.41) is 11.2. The van der Waals surface area contributed by atoms with Crippen molar-refractivity contribution in [3.05, 3.63) is 108 Å². The number of hydrogen-bond donors (Lipinski definition) is 3. The van der Waals surface area contributed by atoms with Gasteiger partial charge in [-0.25, -0.2) is 0 Å². The van der Waals surface area contributed by atoms with Crippen molar-refractivity contribution in [2.75, 3.05) is 16.0 Å². The smallest absolute Gasteiger partial charge is 0.0425 e. The van der Waals surface area contributed by atoms with Gasteiger partial charge < -0.3 is 16.0 Å². The molecule has 0 saturated carbocycles. The van der Waals surface area contributed by atoms with Gasteiger partial charge in [0.1, 0.15) is 0 Å². The molecule has 0 amide bonds. The van der Waals surface area contributed by atoms with Gasteiger partial charge in [-0.1, -0.05) is 231 Å². The molecule has 0 radical (unpaired) electrons. The van der Waals surface area contributed by atoms with Crippen LogP contribution in [0.4, 0.5) is 34.1 Å². The minimum Gasteiger partial charge on any atom is -0.355 e. The zero-order valence-corrected chi connectivity index (χ0v) is 41.0. The Bertz CT molecular complexity index is 1450. The van der Waals surface area contributed by atoms with Crippen LogP contribution >= 0.6 is 0 Å². The Morgan fingerprint density at radius 3 is 0.619 bits per heavy atom. The number of aryl methyl sites for hydroxylation is 3. The Balaban J connectivity index is 1.28. The quantitative estimate of drug-likeness (QED) is 0.0391. The molecule has 4 aromatic carbocycles. The molecule has 0 spiro atoms. The van der Waals surface area contributed by atoms with Crippen LogP contribution in [-0.2, 0) is 19.3 Å². The first-order valence-corrected chi connectivity index (χ1v) is 26.9. The van der Waals surface area contributed by atoms with Gasteiger partial charge >= 0.3 is 0 Å². The average molecular weight is 856 g/mol. The number of benzene rings is 4. The van der Waals surface area contributed by atoms with E-state index in [4.69, 9.17) is 0 Å². The number of nitrogens with one attached hydrogen (secondary N) is 3. The molecule has 0 heterocycles. The van der Waals surface area contributed by atoms with E-state index in [1.165, 1.54) is 229 Å². The fraction of sp³-hybridized carbons (Fsp3) is 0.600. The summed E-state index contributed by atoms with van der Waals surface area (Å²) in [6.45, 7) is 6.90. The summed E-state index contributed by atoms with van der Waals surface area (Å²) >= 11 is 0. The SMILES string of the molecule is CCCCCCCCCCCCc1ccc(Nc2cc(Nc3ccc(CCCCCCCCCCCC)cc3)cc(Nc3ccc(CCCCCCCCCCCC)cc3)c2)cc1. The Kier molecular flexibility index (Phi) is 28.6. The number of hydrogen-bond acceptors (Lipinski definition) is 3. The van der Waals surface area contributed by atoms with Crippen LogP contribution in [0.2, 0.25) is 0 Å². The maximum atomic E-state index is 3.74. The van der Waals surface area contributed by atoms with E-state index in [-0.39, 0.29) is 0 Å². The number of unbranched alkanes of at least 4 members (excludes halogenated alkanes) is 27. The van der Waals surface area contributed by atoms with Crippen LogP contribution in [0, 0.1) is 0 Å². The van der Waals surface area contributed by atoms with Crippen LogP contribution in [0.5, 0.6) is 0 Å². The van der Waals surface area contributed by atoms with Crippen molar-refractivity contribution >= 4 is 34.1 Å². The van der Waals surface area contributed by atoms with Crippen LogP contribution in [0.25, 0.3) is 0 Å². The highest BCUT2D eigenvalue weighted by molar-refractivity contribution is 5.76. The lowest BCUT2D eigenvalue weighted by atomic mass is 10.0. The van der Waals surface area contributed by atoms with E-state index in [0.29, 0.717) is 0 Å². The molecule has 0 fully saturated rings. The van der Waals surface area contributed by atoms with Gasteiger partial charge in [0.15, 0.2) is 0 Å².